The van der Waals surface area contributed by atoms with Crippen LogP contribution in [0.2, 0.25) is 0 Å². The number of carbonyl (C=O) groups excluding carboxylic acids is 1. The minimum absolute atomic E-state index is 0.122. The molecule has 0 saturated heterocycles. The van der Waals surface area contributed by atoms with Gasteiger partial charge in [0.2, 0.25) is 0 Å². The van der Waals surface area contributed by atoms with Crippen molar-refractivity contribution in [1.29, 1.82) is 0 Å². The summed E-state index contributed by atoms with van der Waals surface area (Å²) < 4.78 is 17.3. The van der Waals surface area contributed by atoms with E-state index in [-0.39, 0.29) is 12.1 Å². The predicted octanol–water partition coefficient (Wildman–Crippen LogP) is 5.07. The van der Waals surface area contributed by atoms with E-state index in [4.69, 9.17) is 4.74 Å². The molecular formula is C16H33O3P. The molecule has 0 fully saturated rings. The van der Waals surface area contributed by atoms with Crippen LogP contribution in [0.15, 0.2) is 0 Å². The maximum Gasteiger partial charge on any atom is 0.313 e. The second kappa shape index (κ2) is 12.4. The molecule has 3 nitrogen and oxygen atoms in total. The molecule has 0 saturated carbocycles. The van der Waals surface area contributed by atoms with Gasteiger partial charge in [-0.2, -0.15) is 0 Å². The van der Waals surface area contributed by atoms with Crippen LogP contribution >= 0.6 is 7.14 Å². The lowest BCUT2D eigenvalue weighted by atomic mass is 10.1. The number of carbonyl (C=O) groups is 1. The second-order valence-electron chi connectivity index (χ2n) is 5.54. The highest BCUT2D eigenvalue weighted by Gasteiger charge is 2.22. The van der Waals surface area contributed by atoms with E-state index in [0.29, 0.717) is 18.9 Å². The van der Waals surface area contributed by atoms with Crippen molar-refractivity contribution in [1.82, 2.24) is 0 Å². The van der Waals surface area contributed by atoms with Gasteiger partial charge in [0.25, 0.3) is 0 Å². The van der Waals surface area contributed by atoms with Crippen molar-refractivity contribution in [2.45, 2.75) is 72.1 Å². The lowest BCUT2D eigenvalue weighted by Crippen LogP contribution is -2.13. The highest BCUT2D eigenvalue weighted by atomic mass is 31.2. The zero-order valence-corrected chi connectivity index (χ0v) is 14.6. The Morgan fingerprint density at radius 3 is 1.85 bits per heavy atom. The summed E-state index contributed by atoms with van der Waals surface area (Å²) in [6.45, 7) is 6.48. The first-order valence-corrected chi connectivity index (χ1v) is 10.6. The van der Waals surface area contributed by atoms with Crippen molar-refractivity contribution in [2.24, 2.45) is 0 Å². The molecule has 0 atom stereocenters. The highest BCUT2D eigenvalue weighted by Crippen LogP contribution is 2.44. The Morgan fingerprint density at radius 1 is 0.850 bits per heavy atom. The fourth-order valence-electron chi connectivity index (χ4n) is 2.15. The van der Waals surface area contributed by atoms with E-state index in [2.05, 4.69) is 6.92 Å². The average Bonchev–Trinajstić information content (AvgIpc) is 2.45. The van der Waals surface area contributed by atoms with E-state index in [1.54, 1.807) is 0 Å². The van der Waals surface area contributed by atoms with Crippen molar-refractivity contribution in [3.05, 3.63) is 0 Å². The number of hydrogen-bond donors (Lipinski definition) is 0. The van der Waals surface area contributed by atoms with Gasteiger partial charge < -0.3 is 9.30 Å². The number of esters is 1. The molecule has 4 heteroatoms. The Balaban J connectivity index is 3.47. The molecule has 0 aromatic rings. The van der Waals surface area contributed by atoms with E-state index in [9.17, 15) is 9.36 Å². The number of unbranched alkanes of at least 4 members (excludes halogenated alkanes) is 7. The zero-order valence-electron chi connectivity index (χ0n) is 13.7. The molecule has 0 aliphatic carbocycles. The van der Waals surface area contributed by atoms with E-state index in [1.165, 1.54) is 38.5 Å². The first-order valence-electron chi connectivity index (χ1n) is 8.30. The van der Waals surface area contributed by atoms with E-state index in [1.807, 2.05) is 13.8 Å². The molecule has 0 aromatic carbocycles. The Kier molecular flexibility index (Phi) is 12.3. The molecule has 0 amide bonds. The monoisotopic (exact) mass is 304 g/mol. The van der Waals surface area contributed by atoms with Crippen molar-refractivity contribution < 1.29 is 14.1 Å². The Labute approximate surface area is 125 Å². The summed E-state index contributed by atoms with van der Waals surface area (Å²) in [5.74, 6) is -0.278. The topological polar surface area (TPSA) is 43.4 Å². The molecule has 0 aliphatic rings. The van der Waals surface area contributed by atoms with Crippen LogP contribution in [0.25, 0.3) is 0 Å². The quantitative estimate of drug-likeness (QED) is 0.271. The third kappa shape index (κ3) is 10.5. The van der Waals surface area contributed by atoms with Crippen LogP contribution in [0, 0.1) is 0 Å². The molecule has 20 heavy (non-hydrogen) atoms. The van der Waals surface area contributed by atoms with Gasteiger partial charge in [-0.05, 0) is 18.7 Å². The Bertz CT molecular complexity index is 281. The van der Waals surface area contributed by atoms with Crippen molar-refractivity contribution >= 4 is 13.1 Å². The highest BCUT2D eigenvalue weighted by molar-refractivity contribution is 7.64. The van der Waals surface area contributed by atoms with E-state index >= 15 is 0 Å². The molecule has 0 aliphatic heterocycles. The summed E-state index contributed by atoms with van der Waals surface area (Å²) in [5.41, 5.74) is 0. The maximum absolute atomic E-state index is 12.1. The van der Waals surface area contributed by atoms with Crippen molar-refractivity contribution in [2.75, 3.05) is 25.1 Å². The van der Waals surface area contributed by atoms with E-state index in [0.717, 1.165) is 12.8 Å². The summed E-state index contributed by atoms with van der Waals surface area (Å²) in [6.07, 6.45) is 11.2. The third-order valence-corrected chi connectivity index (χ3v) is 6.97. The van der Waals surface area contributed by atoms with Crippen molar-refractivity contribution in [3.8, 4) is 0 Å². The van der Waals surface area contributed by atoms with Gasteiger partial charge in [-0.1, -0.05) is 65.7 Å². The van der Waals surface area contributed by atoms with Gasteiger partial charge in [-0.15, -0.1) is 0 Å². The van der Waals surface area contributed by atoms with Gasteiger partial charge in [0.05, 0.1) is 19.9 Å². The molecule has 120 valence electrons. The Morgan fingerprint density at radius 2 is 1.35 bits per heavy atom. The first-order chi connectivity index (χ1) is 9.58. The van der Waals surface area contributed by atoms with Gasteiger partial charge in [-0.25, -0.2) is 0 Å². The van der Waals surface area contributed by atoms with Gasteiger partial charge >= 0.3 is 5.97 Å². The molecular weight excluding hydrogens is 271 g/mol. The lowest BCUT2D eigenvalue weighted by molar-refractivity contribution is -0.140. The molecule has 0 rings (SSSR count). The average molecular weight is 304 g/mol. The summed E-state index contributed by atoms with van der Waals surface area (Å²) in [7, 11) is -2.29. The van der Waals surface area contributed by atoms with Crippen LogP contribution in [-0.2, 0) is 14.1 Å². The minimum Gasteiger partial charge on any atom is -0.465 e. The summed E-state index contributed by atoms with van der Waals surface area (Å²) in [4.78, 5) is 11.6. The van der Waals surface area contributed by atoms with Crippen LogP contribution in [0.5, 0.6) is 0 Å². The SMILES string of the molecule is CCCCCCCCCCOC(=O)CP(=O)(CC)CC. The molecule has 0 spiro atoms. The van der Waals surface area contributed by atoms with Crippen LogP contribution < -0.4 is 0 Å². The maximum atomic E-state index is 12.1. The molecule has 0 radical (unpaired) electrons. The fourth-order valence-corrected chi connectivity index (χ4v) is 3.61. The van der Waals surface area contributed by atoms with Gasteiger partial charge in [0.15, 0.2) is 0 Å². The first kappa shape index (κ1) is 19.7. The van der Waals surface area contributed by atoms with Crippen molar-refractivity contribution in [3.63, 3.8) is 0 Å². The lowest BCUT2D eigenvalue weighted by Gasteiger charge is -2.13. The van der Waals surface area contributed by atoms with Crippen LogP contribution in [0.3, 0.4) is 0 Å². The number of hydrogen-bond acceptors (Lipinski definition) is 3. The molecule has 0 unspecified atom stereocenters. The normalized spacial score (nSPS) is 11.6. The standard InChI is InChI=1S/C16H33O3P/c1-4-7-8-9-10-11-12-13-14-19-16(17)15-20(18,5-2)6-3/h4-15H2,1-3H3. The van der Waals surface area contributed by atoms with Crippen LogP contribution in [-0.4, -0.2) is 31.1 Å². The smallest absolute Gasteiger partial charge is 0.313 e. The number of rotatable bonds is 13. The van der Waals surface area contributed by atoms with Crippen LogP contribution in [0.1, 0.15) is 72.1 Å². The van der Waals surface area contributed by atoms with Gasteiger partial charge in [0, 0.05) is 0 Å². The summed E-state index contributed by atoms with van der Waals surface area (Å²) in [6, 6.07) is 0. The zero-order chi connectivity index (χ0) is 15.3. The Hall–Kier alpha value is -0.300. The molecule has 0 aromatic heterocycles. The van der Waals surface area contributed by atoms with Gasteiger partial charge in [0.1, 0.15) is 0 Å². The molecule has 0 bridgehead atoms. The second-order valence-corrected chi connectivity index (χ2v) is 9.24. The van der Waals surface area contributed by atoms with E-state index < -0.39 is 7.14 Å². The summed E-state index contributed by atoms with van der Waals surface area (Å²) in [5, 5.41) is 0. The van der Waals surface area contributed by atoms with Gasteiger partial charge in [-0.3, -0.25) is 4.79 Å². The van der Waals surface area contributed by atoms with Crippen LogP contribution in [0.4, 0.5) is 0 Å². The fraction of sp³-hybridized carbons (Fsp3) is 0.938. The third-order valence-electron chi connectivity index (χ3n) is 3.83. The molecule has 0 heterocycles. The minimum atomic E-state index is -2.29. The predicted molar refractivity (Wildman–Crippen MR) is 87.1 cm³/mol. The summed E-state index contributed by atoms with van der Waals surface area (Å²) >= 11 is 0. The number of ether oxygens (including phenoxy) is 1. The molecule has 0 N–H and O–H groups in total. The largest absolute Gasteiger partial charge is 0.465 e.